The number of carbonyl (C=O) groups is 1. The molecule has 0 atom stereocenters. The maximum absolute atomic E-state index is 11.9. The summed E-state index contributed by atoms with van der Waals surface area (Å²) in [6, 6.07) is 15.5. The average Bonchev–Trinajstić information content (AvgIpc) is 3.18. The van der Waals surface area contributed by atoms with Crippen LogP contribution < -0.4 is 5.32 Å². The number of aromatic nitrogens is 3. The van der Waals surface area contributed by atoms with Crippen LogP contribution in [0.15, 0.2) is 53.7 Å². The SMILES string of the molecule is CCCCNC(=O)CCCCc1nnc(SCc2cccc(Cl)c2)n1-c1cccc(Cl)c1. The summed E-state index contributed by atoms with van der Waals surface area (Å²) in [5.41, 5.74) is 2.06. The summed E-state index contributed by atoms with van der Waals surface area (Å²) in [6.45, 7) is 2.87. The number of thioether (sulfide) groups is 1. The van der Waals surface area contributed by atoms with Gasteiger partial charge in [0.15, 0.2) is 5.16 Å². The highest BCUT2D eigenvalue weighted by Gasteiger charge is 2.15. The van der Waals surface area contributed by atoms with E-state index in [1.54, 1.807) is 11.8 Å². The van der Waals surface area contributed by atoms with Gasteiger partial charge < -0.3 is 5.32 Å². The Hall–Kier alpha value is -2.02. The van der Waals surface area contributed by atoms with Crippen molar-refractivity contribution < 1.29 is 4.79 Å². The number of nitrogens with zero attached hydrogens (tertiary/aromatic N) is 3. The molecule has 0 saturated carbocycles. The number of nitrogens with one attached hydrogen (secondary N) is 1. The van der Waals surface area contributed by atoms with Crippen LogP contribution in [0.4, 0.5) is 0 Å². The molecular formula is C24H28Cl2N4OS. The first kappa shape index (κ1) is 24.6. The first-order valence-electron chi connectivity index (χ1n) is 10.9. The Labute approximate surface area is 203 Å². The van der Waals surface area contributed by atoms with Crippen LogP contribution in [0.2, 0.25) is 10.0 Å². The van der Waals surface area contributed by atoms with E-state index in [2.05, 4.69) is 27.0 Å². The van der Waals surface area contributed by atoms with Gasteiger partial charge in [-0.05, 0) is 55.2 Å². The van der Waals surface area contributed by atoms with Crippen molar-refractivity contribution in [2.45, 2.75) is 56.4 Å². The molecule has 170 valence electrons. The van der Waals surface area contributed by atoms with Crippen LogP contribution in [0.3, 0.4) is 0 Å². The van der Waals surface area contributed by atoms with E-state index in [4.69, 9.17) is 23.2 Å². The number of benzene rings is 2. The fourth-order valence-corrected chi connectivity index (χ4v) is 4.58. The maximum Gasteiger partial charge on any atom is 0.219 e. The van der Waals surface area contributed by atoms with Crippen LogP contribution in [0, 0.1) is 0 Å². The molecule has 0 spiro atoms. The molecule has 1 N–H and O–H groups in total. The lowest BCUT2D eigenvalue weighted by atomic mass is 10.1. The zero-order chi connectivity index (χ0) is 22.8. The third-order valence-electron chi connectivity index (χ3n) is 4.93. The second-order valence-electron chi connectivity index (χ2n) is 7.54. The first-order chi connectivity index (χ1) is 15.6. The van der Waals surface area contributed by atoms with E-state index < -0.39 is 0 Å². The molecule has 1 amide bonds. The Bertz CT molecular complexity index is 1020. The van der Waals surface area contributed by atoms with Crippen molar-refractivity contribution in [3.63, 3.8) is 0 Å². The van der Waals surface area contributed by atoms with Crippen LogP contribution in [-0.4, -0.2) is 27.2 Å². The first-order valence-corrected chi connectivity index (χ1v) is 12.6. The van der Waals surface area contributed by atoms with Crippen molar-refractivity contribution in [1.29, 1.82) is 0 Å². The van der Waals surface area contributed by atoms with E-state index in [9.17, 15) is 4.79 Å². The maximum atomic E-state index is 11.9. The molecule has 3 aromatic rings. The second kappa shape index (κ2) is 12.9. The molecule has 0 unspecified atom stereocenters. The number of hydrogen-bond acceptors (Lipinski definition) is 4. The van der Waals surface area contributed by atoms with E-state index in [-0.39, 0.29) is 5.91 Å². The average molecular weight is 491 g/mol. The lowest BCUT2D eigenvalue weighted by Gasteiger charge is -2.11. The molecule has 0 fully saturated rings. The van der Waals surface area contributed by atoms with E-state index in [1.807, 2.05) is 48.5 Å². The number of aryl methyl sites for hydroxylation is 1. The zero-order valence-electron chi connectivity index (χ0n) is 18.2. The minimum Gasteiger partial charge on any atom is -0.356 e. The molecule has 1 aromatic heterocycles. The van der Waals surface area contributed by atoms with Crippen molar-refractivity contribution in [2.24, 2.45) is 0 Å². The summed E-state index contributed by atoms with van der Waals surface area (Å²) >= 11 is 14.0. The van der Waals surface area contributed by atoms with Crippen LogP contribution in [0.25, 0.3) is 5.69 Å². The van der Waals surface area contributed by atoms with Crippen LogP contribution in [0.5, 0.6) is 0 Å². The van der Waals surface area contributed by atoms with E-state index in [0.717, 1.165) is 71.7 Å². The van der Waals surface area contributed by atoms with Crippen molar-refractivity contribution in [1.82, 2.24) is 20.1 Å². The van der Waals surface area contributed by atoms with E-state index >= 15 is 0 Å². The van der Waals surface area contributed by atoms with Gasteiger partial charge in [0, 0.05) is 35.2 Å². The predicted molar refractivity (Wildman–Crippen MR) is 133 cm³/mol. The third kappa shape index (κ3) is 7.54. The highest BCUT2D eigenvalue weighted by atomic mass is 35.5. The summed E-state index contributed by atoms with van der Waals surface area (Å²) in [5, 5.41) is 14.1. The molecule has 3 rings (SSSR count). The van der Waals surface area contributed by atoms with Gasteiger partial charge in [0.1, 0.15) is 5.82 Å². The Balaban J connectivity index is 1.67. The Morgan fingerprint density at radius 2 is 1.81 bits per heavy atom. The van der Waals surface area contributed by atoms with Crippen LogP contribution in [-0.2, 0) is 17.0 Å². The number of halogens is 2. The fourth-order valence-electron chi connectivity index (χ4n) is 3.27. The van der Waals surface area contributed by atoms with Crippen LogP contribution in [0.1, 0.15) is 50.4 Å². The molecule has 0 saturated heterocycles. The molecule has 0 bridgehead atoms. The third-order valence-corrected chi connectivity index (χ3v) is 6.40. The Kier molecular flexibility index (Phi) is 9.90. The number of hydrogen-bond donors (Lipinski definition) is 1. The van der Waals surface area contributed by atoms with Gasteiger partial charge in [0.25, 0.3) is 0 Å². The van der Waals surface area contributed by atoms with Gasteiger partial charge in [-0.1, -0.05) is 66.5 Å². The monoisotopic (exact) mass is 490 g/mol. The van der Waals surface area contributed by atoms with E-state index in [0.29, 0.717) is 11.4 Å². The molecule has 1 heterocycles. The number of rotatable bonds is 12. The van der Waals surface area contributed by atoms with Crippen LogP contribution >= 0.6 is 35.0 Å². The number of amides is 1. The van der Waals surface area contributed by atoms with Gasteiger partial charge in [-0.2, -0.15) is 0 Å². The second-order valence-corrected chi connectivity index (χ2v) is 9.36. The highest BCUT2D eigenvalue weighted by Crippen LogP contribution is 2.28. The van der Waals surface area contributed by atoms with Crippen molar-refractivity contribution in [2.75, 3.05) is 6.54 Å². The molecule has 5 nitrogen and oxygen atoms in total. The quantitative estimate of drug-likeness (QED) is 0.232. The van der Waals surface area contributed by atoms with Crippen molar-refractivity contribution >= 4 is 40.9 Å². The fraction of sp³-hybridized carbons (Fsp3) is 0.375. The highest BCUT2D eigenvalue weighted by molar-refractivity contribution is 7.98. The van der Waals surface area contributed by atoms with Gasteiger partial charge in [-0.25, -0.2) is 0 Å². The summed E-state index contributed by atoms with van der Waals surface area (Å²) in [7, 11) is 0. The summed E-state index contributed by atoms with van der Waals surface area (Å²) < 4.78 is 2.06. The molecule has 0 aliphatic carbocycles. The Morgan fingerprint density at radius 1 is 1.03 bits per heavy atom. The number of carbonyl (C=O) groups excluding carboxylic acids is 1. The molecule has 2 aromatic carbocycles. The largest absolute Gasteiger partial charge is 0.356 e. The zero-order valence-corrected chi connectivity index (χ0v) is 20.5. The van der Waals surface area contributed by atoms with Gasteiger partial charge >= 0.3 is 0 Å². The molecule has 8 heteroatoms. The van der Waals surface area contributed by atoms with Crippen molar-refractivity contribution in [3.8, 4) is 5.69 Å². The molecule has 32 heavy (non-hydrogen) atoms. The Morgan fingerprint density at radius 3 is 2.56 bits per heavy atom. The summed E-state index contributed by atoms with van der Waals surface area (Å²) in [4.78, 5) is 11.9. The minimum absolute atomic E-state index is 0.118. The standard InChI is InChI=1S/C24H28Cl2N4OS/c1-2-3-14-27-23(31)13-5-4-12-22-28-29-24(30(22)21-11-7-10-20(26)16-21)32-17-18-8-6-9-19(25)15-18/h6-11,15-16H,2-5,12-14,17H2,1H3,(H,27,31). The summed E-state index contributed by atoms with van der Waals surface area (Å²) in [6.07, 6.45) is 5.04. The van der Waals surface area contributed by atoms with Gasteiger partial charge in [-0.3, -0.25) is 9.36 Å². The topological polar surface area (TPSA) is 59.8 Å². The smallest absolute Gasteiger partial charge is 0.219 e. The molecule has 0 aliphatic heterocycles. The normalized spacial score (nSPS) is 11.0. The van der Waals surface area contributed by atoms with Gasteiger partial charge in [0.2, 0.25) is 5.91 Å². The van der Waals surface area contributed by atoms with Crippen molar-refractivity contribution in [3.05, 3.63) is 70.0 Å². The molecule has 0 aliphatic rings. The van der Waals surface area contributed by atoms with E-state index in [1.165, 1.54) is 0 Å². The molecular weight excluding hydrogens is 463 g/mol. The van der Waals surface area contributed by atoms with Gasteiger partial charge in [-0.15, -0.1) is 10.2 Å². The summed E-state index contributed by atoms with van der Waals surface area (Å²) in [5.74, 6) is 1.72. The number of unbranched alkanes of at least 4 members (excludes halogenated alkanes) is 2. The lowest BCUT2D eigenvalue weighted by Crippen LogP contribution is -2.23. The van der Waals surface area contributed by atoms with Gasteiger partial charge in [0.05, 0.1) is 5.69 Å². The molecule has 0 radical (unpaired) electrons. The lowest BCUT2D eigenvalue weighted by molar-refractivity contribution is -0.121. The predicted octanol–water partition coefficient (Wildman–Crippen LogP) is 6.50. The minimum atomic E-state index is 0.118.